The maximum absolute atomic E-state index is 12.2. The number of aliphatic hydroxyl groups is 1. The molecule has 1 atom stereocenters. The van der Waals surface area contributed by atoms with Gasteiger partial charge in [0.2, 0.25) is 0 Å². The average Bonchev–Trinajstić information content (AvgIpc) is 3.15. The van der Waals surface area contributed by atoms with E-state index in [0.717, 1.165) is 64.2 Å². The molecule has 0 rings (SSSR count). The minimum absolute atomic E-state index is 0.178. The van der Waals surface area contributed by atoms with E-state index in [4.69, 9.17) is 9.47 Å². The molecule has 0 amide bonds. The van der Waals surface area contributed by atoms with Crippen molar-refractivity contribution in [2.75, 3.05) is 19.8 Å². The van der Waals surface area contributed by atoms with Crippen LogP contribution in [0, 0.1) is 0 Å². The Morgan fingerprint density at radius 2 is 0.865 bits per heavy atom. The number of aliphatic hydroxyl groups excluding tert-OH is 1. The molecular weight excluding hydrogens is 641 g/mol. The van der Waals surface area contributed by atoms with E-state index in [1.54, 1.807) is 0 Å². The maximum Gasteiger partial charge on any atom is 0.306 e. The first kappa shape index (κ1) is 49.8. The number of unbranched alkanes of at least 4 members (excludes halogenated alkanes) is 20. The van der Waals surface area contributed by atoms with E-state index >= 15 is 0 Å². The zero-order chi connectivity index (χ0) is 37.7. The van der Waals surface area contributed by atoms with Crippen molar-refractivity contribution in [1.29, 1.82) is 0 Å². The number of ether oxygens (including phenoxy) is 2. The highest BCUT2D eigenvalue weighted by molar-refractivity contribution is 5.69. The molecule has 0 aromatic heterocycles. The zero-order valence-corrected chi connectivity index (χ0v) is 34.3. The van der Waals surface area contributed by atoms with Crippen LogP contribution in [0.15, 0.2) is 72.9 Å². The summed E-state index contributed by atoms with van der Waals surface area (Å²) in [4.78, 5) is 12.2. The molecule has 0 radical (unpaired) electrons. The standard InChI is InChI=1S/C48H84O4/c1-3-5-7-9-11-13-15-17-19-20-21-22-23-24-25-26-27-28-29-30-32-34-36-38-40-42-44-51-46-47(45-49)52-48(50)43-41-39-37-35-33-31-18-16-14-12-10-8-6-4-2/h5,7,11,13,17,19,21-22,24-25,27-28,47,49H,3-4,6,8-10,12,14-16,18,20,23,26,29-46H2,1-2H3/b7-5-,13-11-,19-17-,22-21-,25-24-,28-27-. The van der Waals surface area contributed by atoms with Crippen molar-refractivity contribution in [3.8, 4) is 0 Å². The van der Waals surface area contributed by atoms with Gasteiger partial charge in [0.25, 0.3) is 0 Å². The van der Waals surface area contributed by atoms with Crippen LogP contribution in [-0.4, -0.2) is 37.0 Å². The van der Waals surface area contributed by atoms with E-state index in [9.17, 15) is 9.90 Å². The Morgan fingerprint density at radius 1 is 0.481 bits per heavy atom. The normalized spacial score (nSPS) is 13.1. The lowest BCUT2D eigenvalue weighted by atomic mass is 10.0. The Labute approximate surface area is 323 Å². The second kappa shape index (κ2) is 45.0. The number of carbonyl (C=O) groups excluding carboxylic acids is 1. The van der Waals surface area contributed by atoms with Gasteiger partial charge >= 0.3 is 5.97 Å². The monoisotopic (exact) mass is 725 g/mol. The first-order valence-corrected chi connectivity index (χ1v) is 22.0. The lowest BCUT2D eigenvalue weighted by Gasteiger charge is -2.16. The quantitative estimate of drug-likeness (QED) is 0.0388. The molecular formula is C48H84O4. The van der Waals surface area contributed by atoms with Crippen LogP contribution in [0.2, 0.25) is 0 Å². The molecule has 0 heterocycles. The van der Waals surface area contributed by atoms with Gasteiger partial charge in [0.1, 0.15) is 6.10 Å². The molecule has 52 heavy (non-hydrogen) atoms. The van der Waals surface area contributed by atoms with Crippen LogP contribution in [0.25, 0.3) is 0 Å². The predicted octanol–water partition coefficient (Wildman–Crippen LogP) is 14.6. The van der Waals surface area contributed by atoms with Crippen molar-refractivity contribution in [2.45, 2.75) is 206 Å². The molecule has 0 bridgehead atoms. The molecule has 0 aliphatic heterocycles. The lowest BCUT2D eigenvalue weighted by Crippen LogP contribution is -2.27. The molecule has 0 spiro atoms. The van der Waals surface area contributed by atoms with Crippen LogP contribution in [-0.2, 0) is 14.3 Å². The third-order valence-electron chi connectivity index (χ3n) is 9.30. The van der Waals surface area contributed by atoms with Crippen molar-refractivity contribution in [2.24, 2.45) is 0 Å². The number of allylic oxidation sites excluding steroid dienone is 12. The van der Waals surface area contributed by atoms with Gasteiger partial charge in [0.15, 0.2) is 0 Å². The van der Waals surface area contributed by atoms with Gasteiger partial charge in [-0.25, -0.2) is 0 Å². The fraction of sp³-hybridized carbons (Fsp3) is 0.729. The van der Waals surface area contributed by atoms with E-state index in [1.165, 1.54) is 116 Å². The highest BCUT2D eigenvalue weighted by Gasteiger charge is 2.13. The van der Waals surface area contributed by atoms with Crippen molar-refractivity contribution >= 4 is 5.97 Å². The summed E-state index contributed by atoms with van der Waals surface area (Å²) in [7, 11) is 0. The van der Waals surface area contributed by atoms with E-state index in [0.29, 0.717) is 13.0 Å². The first-order chi connectivity index (χ1) is 25.7. The fourth-order valence-corrected chi connectivity index (χ4v) is 6.04. The van der Waals surface area contributed by atoms with Gasteiger partial charge in [-0.05, 0) is 64.2 Å². The van der Waals surface area contributed by atoms with Crippen molar-refractivity contribution in [3.05, 3.63) is 72.9 Å². The van der Waals surface area contributed by atoms with Crippen LogP contribution in [0.4, 0.5) is 0 Å². The minimum atomic E-state index is -0.541. The van der Waals surface area contributed by atoms with Gasteiger partial charge in [0, 0.05) is 13.0 Å². The molecule has 300 valence electrons. The number of hydrogen-bond donors (Lipinski definition) is 1. The van der Waals surface area contributed by atoms with E-state index in [1.807, 2.05) is 0 Å². The van der Waals surface area contributed by atoms with Crippen LogP contribution in [0.5, 0.6) is 0 Å². The Kier molecular flexibility index (Phi) is 43.1. The number of carbonyl (C=O) groups is 1. The van der Waals surface area contributed by atoms with E-state index in [2.05, 4.69) is 86.8 Å². The molecule has 0 fully saturated rings. The van der Waals surface area contributed by atoms with Gasteiger partial charge in [0.05, 0.1) is 13.2 Å². The highest BCUT2D eigenvalue weighted by Crippen LogP contribution is 2.14. The molecule has 0 saturated heterocycles. The van der Waals surface area contributed by atoms with Gasteiger partial charge in [-0.2, -0.15) is 0 Å². The smallest absolute Gasteiger partial charge is 0.306 e. The van der Waals surface area contributed by atoms with Gasteiger partial charge < -0.3 is 14.6 Å². The average molecular weight is 725 g/mol. The van der Waals surface area contributed by atoms with Gasteiger partial charge in [-0.15, -0.1) is 0 Å². The van der Waals surface area contributed by atoms with Crippen molar-refractivity contribution in [1.82, 2.24) is 0 Å². The number of hydrogen-bond acceptors (Lipinski definition) is 4. The third-order valence-corrected chi connectivity index (χ3v) is 9.30. The molecule has 4 nitrogen and oxygen atoms in total. The number of esters is 1. The lowest BCUT2D eigenvalue weighted by molar-refractivity contribution is -0.154. The predicted molar refractivity (Wildman–Crippen MR) is 228 cm³/mol. The summed E-state index contributed by atoms with van der Waals surface area (Å²) < 4.78 is 11.2. The SMILES string of the molecule is CC/C=C\C/C=C\C/C=C\C/C=C\C/C=C\C/C=C\CCCCCCCCCOCC(CO)OC(=O)CCCCCCCCCCCCCCCC. The van der Waals surface area contributed by atoms with Crippen LogP contribution in [0.3, 0.4) is 0 Å². The Hall–Kier alpha value is -2.17. The summed E-state index contributed by atoms with van der Waals surface area (Å²) in [6.07, 6.45) is 61.1. The summed E-state index contributed by atoms with van der Waals surface area (Å²) in [6, 6.07) is 0. The summed E-state index contributed by atoms with van der Waals surface area (Å²) >= 11 is 0. The molecule has 0 aliphatic carbocycles. The van der Waals surface area contributed by atoms with Crippen LogP contribution in [0.1, 0.15) is 200 Å². The Balaban J connectivity index is 3.49. The second-order valence-corrected chi connectivity index (χ2v) is 14.4. The molecule has 0 aromatic rings. The minimum Gasteiger partial charge on any atom is -0.457 e. The topological polar surface area (TPSA) is 55.8 Å². The highest BCUT2D eigenvalue weighted by atomic mass is 16.6. The molecule has 0 aromatic carbocycles. The summed E-state index contributed by atoms with van der Waals surface area (Å²) in [5, 5.41) is 9.60. The maximum atomic E-state index is 12.2. The second-order valence-electron chi connectivity index (χ2n) is 14.4. The van der Waals surface area contributed by atoms with Crippen molar-refractivity contribution in [3.63, 3.8) is 0 Å². The molecule has 4 heteroatoms. The molecule has 0 aliphatic rings. The first-order valence-electron chi connectivity index (χ1n) is 22.0. The third kappa shape index (κ3) is 42.2. The van der Waals surface area contributed by atoms with Gasteiger partial charge in [-0.3, -0.25) is 4.79 Å². The summed E-state index contributed by atoms with van der Waals surface area (Å²) in [5.41, 5.74) is 0. The Morgan fingerprint density at radius 3 is 1.31 bits per heavy atom. The van der Waals surface area contributed by atoms with Gasteiger partial charge in [-0.1, -0.05) is 202 Å². The van der Waals surface area contributed by atoms with Crippen molar-refractivity contribution < 1.29 is 19.4 Å². The Bertz CT molecular complexity index is 896. The molecule has 0 saturated carbocycles. The zero-order valence-electron chi connectivity index (χ0n) is 34.3. The van der Waals surface area contributed by atoms with Crippen LogP contribution >= 0.6 is 0 Å². The van der Waals surface area contributed by atoms with Crippen LogP contribution < -0.4 is 0 Å². The fourth-order valence-electron chi connectivity index (χ4n) is 6.04. The summed E-state index contributed by atoms with van der Waals surface area (Å²) in [5.74, 6) is -0.206. The van der Waals surface area contributed by atoms with E-state index in [-0.39, 0.29) is 19.2 Å². The summed E-state index contributed by atoms with van der Waals surface area (Å²) in [6.45, 7) is 5.21. The molecule has 1 N–H and O–H groups in total. The largest absolute Gasteiger partial charge is 0.457 e. The van der Waals surface area contributed by atoms with E-state index < -0.39 is 6.10 Å². The number of rotatable bonds is 40. The molecule has 1 unspecified atom stereocenters.